The number of hydrogen-bond acceptors (Lipinski definition) is 5. The molecule has 0 saturated carbocycles. The summed E-state index contributed by atoms with van der Waals surface area (Å²) in [4.78, 5) is 23.4. The standard InChI is InChI=1S/C13H17FN2O3S2/c1-19-12(17)11(7-21-8-20-2)16-13(18)15-10-5-3-9(14)4-6-10/h3-6,11H,7-8H2,1-2H3,(H2,15,16,18). The van der Waals surface area contributed by atoms with E-state index in [1.807, 2.05) is 6.26 Å². The highest BCUT2D eigenvalue weighted by molar-refractivity contribution is 8.15. The first-order valence-electron chi connectivity index (χ1n) is 6.04. The molecule has 1 atom stereocenters. The van der Waals surface area contributed by atoms with Crippen LogP contribution >= 0.6 is 23.5 Å². The van der Waals surface area contributed by atoms with Crippen LogP contribution in [-0.2, 0) is 9.53 Å². The van der Waals surface area contributed by atoms with Crippen molar-refractivity contribution >= 4 is 41.2 Å². The number of carbonyl (C=O) groups is 2. The van der Waals surface area contributed by atoms with Gasteiger partial charge in [-0.1, -0.05) is 0 Å². The van der Waals surface area contributed by atoms with E-state index in [9.17, 15) is 14.0 Å². The Bertz CT molecular complexity index is 471. The van der Waals surface area contributed by atoms with Gasteiger partial charge in [0, 0.05) is 16.5 Å². The number of halogens is 1. The second kappa shape index (κ2) is 9.51. The maximum Gasteiger partial charge on any atom is 0.329 e. The molecule has 0 spiro atoms. The van der Waals surface area contributed by atoms with E-state index in [1.54, 1.807) is 11.8 Å². The molecule has 116 valence electrons. The lowest BCUT2D eigenvalue weighted by Crippen LogP contribution is -2.45. The number of esters is 1. The van der Waals surface area contributed by atoms with Gasteiger partial charge in [0.05, 0.1) is 7.11 Å². The Morgan fingerprint density at radius 2 is 2.00 bits per heavy atom. The average Bonchev–Trinajstić information content (AvgIpc) is 2.48. The number of methoxy groups -OCH3 is 1. The molecule has 5 nitrogen and oxygen atoms in total. The molecule has 1 rings (SSSR count). The van der Waals surface area contributed by atoms with Crippen LogP contribution in [-0.4, -0.2) is 42.2 Å². The fraction of sp³-hybridized carbons (Fsp3) is 0.385. The molecule has 0 aliphatic heterocycles. The molecule has 0 heterocycles. The highest BCUT2D eigenvalue weighted by Crippen LogP contribution is 2.11. The van der Waals surface area contributed by atoms with Crippen LogP contribution in [0, 0.1) is 5.82 Å². The van der Waals surface area contributed by atoms with Crippen LogP contribution in [0.5, 0.6) is 0 Å². The molecule has 0 aromatic heterocycles. The monoisotopic (exact) mass is 332 g/mol. The van der Waals surface area contributed by atoms with Gasteiger partial charge in [0.15, 0.2) is 0 Å². The Labute approximate surface area is 131 Å². The van der Waals surface area contributed by atoms with Crippen LogP contribution in [0.4, 0.5) is 14.9 Å². The molecular weight excluding hydrogens is 315 g/mol. The number of urea groups is 1. The van der Waals surface area contributed by atoms with E-state index in [-0.39, 0.29) is 5.82 Å². The van der Waals surface area contributed by atoms with Gasteiger partial charge >= 0.3 is 12.0 Å². The summed E-state index contributed by atoms with van der Waals surface area (Å²) in [5.41, 5.74) is 0.439. The molecule has 0 aliphatic rings. The van der Waals surface area contributed by atoms with Gasteiger partial charge in [-0.2, -0.15) is 11.8 Å². The Hall–Kier alpha value is -1.41. The molecule has 0 bridgehead atoms. The van der Waals surface area contributed by atoms with E-state index in [0.717, 1.165) is 5.08 Å². The Morgan fingerprint density at radius 1 is 1.33 bits per heavy atom. The molecule has 1 aromatic carbocycles. The molecule has 8 heteroatoms. The molecule has 2 N–H and O–H groups in total. The number of thioether (sulfide) groups is 2. The number of ether oxygens (including phenoxy) is 1. The number of benzene rings is 1. The first-order chi connectivity index (χ1) is 10.1. The summed E-state index contributed by atoms with van der Waals surface area (Å²) < 4.78 is 17.4. The number of rotatable bonds is 7. The summed E-state index contributed by atoms with van der Waals surface area (Å²) in [7, 11) is 1.27. The van der Waals surface area contributed by atoms with Crippen molar-refractivity contribution in [1.82, 2.24) is 5.32 Å². The number of carbonyl (C=O) groups excluding carboxylic acids is 2. The van der Waals surface area contributed by atoms with Gasteiger partial charge in [-0.25, -0.2) is 14.0 Å². The van der Waals surface area contributed by atoms with Gasteiger partial charge in [0.1, 0.15) is 11.9 Å². The minimum atomic E-state index is -0.729. The van der Waals surface area contributed by atoms with E-state index in [0.29, 0.717) is 11.4 Å². The Kier molecular flexibility index (Phi) is 7.99. The van der Waals surface area contributed by atoms with Crippen LogP contribution < -0.4 is 10.6 Å². The first-order valence-corrected chi connectivity index (χ1v) is 8.59. The first kappa shape index (κ1) is 17.6. The second-order valence-corrected chi connectivity index (χ2v) is 6.22. The molecule has 21 heavy (non-hydrogen) atoms. The molecule has 0 radical (unpaired) electrons. The minimum absolute atomic E-state index is 0.387. The summed E-state index contributed by atoms with van der Waals surface area (Å²) in [6.45, 7) is 0. The van der Waals surface area contributed by atoms with E-state index < -0.39 is 18.0 Å². The highest BCUT2D eigenvalue weighted by Gasteiger charge is 2.21. The maximum atomic E-state index is 12.8. The topological polar surface area (TPSA) is 67.4 Å². The van der Waals surface area contributed by atoms with E-state index in [2.05, 4.69) is 15.4 Å². The van der Waals surface area contributed by atoms with Gasteiger partial charge in [0.2, 0.25) is 0 Å². The molecule has 0 aliphatic carbocycles. The van der Waals surface area contributed by atoms with E-state index >= 15 is 0 Å². The van der Waals surface area contributed by atoms with Gasteiger partial charge < -0.3 is 15.4 Å². The van der Waals surface area contributed by atoms with Crippen molar-refractivity contribution in [2.24, 2.45) is 0 Å². The molecule has 2 amide bonds. The normalized spacial score (nSPS) is 11.6. The third kappa shape index (κ3) is 6.72. The van der Waals surface area contributed by atoms with E-state index in [4.69, 9.17) is 0 Å². The van der Waals surface area contributed by atoms with Crippen LogP contribution in [0.1, 0.15) is 0 Å². The highest BCUT2D eigenvalue weighted by atomic mass is 32.2. The SMILES string of the molecule is COC(=O)C(CSCSC)NC(=O)Nc1ccc(F)cc1. The van der Waals surface area contributed by atoms with Crippen LogP contribution in [0.2, 0.25) is 0 Å². The Balaban J connectivity index is 2.54. The van der Waals surface area contributed by atoms with Gasteiger partial charge in [0.25, 0.3) is 0 Å². The third-order valence-corrected chi connectivity index (χ3v) is 4.56. The lowest BCUT2D eigenvalue weighted by Gasteiger charge is -2.16. The number of amides is 2. The van der Waals surface area contributed by atoms with Crippen molar-refractivity contribution in [3.8, 4) is 0 Å². The molecular formula is C13H17FN2O3S2. The zero-order chi connectivity index (χ0) is 15.7. The van der Waals surface area contributed by atoms with Crippen molar-refractivity contribution < 1.29 is 18.7 Å². The van der Waals surface area contributed by atoms with Gasteiger partial charge in [-0.15, -0.1) is 11.8 Å². The maximum absolute atomic E-state index is 12.8. The lowest BCUT2D eigenvalue weighted by molar-refractivity contribution is -0.142. The van der Waals surface area contributed by atoms with Crippen molar-refractivity contribution in [2.45, 2.75) is 6.04 Å². The van der Waals surface area contributed by atoms with Crippen molar-refractivity contribution in [3.63, 3.8) is 0 Å². The quantitative estimate of drug-likeness (QED) is 0.456. The molecule has 0 fully saturated rings. The summed E-state index contributed by atoms with van der Waals surface area (Å²) in [5.74, 6) is -0.468. The minimum Gasteiger partial charge on any atom is -0.467 e. The number of anilines is 1. The summed E-state index contributed by atoms with van der Waals surface area (Å²) in [6.07, 6.45) is 1.95. The zero-order valence-electron chi connectivity index (χ0n) is 11.7. The van der Waals surface area contributed by atoms with Gasteiger partial charge in [-0.3, -0.25) is 0 Å². The Morgan fingerprint density at radius 3 is 2.57 bits per heavy atom. The lowest BCUT2D eigenvalue weighted by atomic mass is 10.3. The molecule has 0 saturated heterocycles. The van der Waals surface area contributed by atoms with Crippen molar-refractivity contribution in [1.29, 1.82) is 0 Å². The summed E-state index contributed by atoms with van der Waals surface area (Å²) in [6, 6.07) is 4.08. The van der Waals surface area contributed by atoms with Crippen LogP contribution in [0.3, 0.4) is 0 Å². The fourth-order valence-electron chi connectivity index (χ4n) is 1.42. The molecule has 1 unspecified atom stereocenters. The zero-order valence-corrected chi connectivity index (χ0v) is 13.4. The predicted molar refractivity (Wildman–Crippen MR) is 85.2 cm³/mol. The second-order valence-electron chi connectivity index (χ2n) is 3.96. The van der Waals surface area contributed by atoms with Crippen molar-refractivity contribution in [2.75, 3.05) is 29.5 Å². The smallest absolute Gasteiger partial charge is 0.329 e. The molecule has 1 aromatic rings. The average molecular weight is 332 g/mol. The largest absolute Gasteiger partial charge is 0.467 e. The van der Waals surface area contributed by atoms with Crippen LogP contribution in [0.25, 0.3) is 0 Å². The number of nitrogens with one attached hydrogen (secondary N) is 2. The fourth-order valence-corrected chi connectivity index (χ4v) is 2.93. The summed E-state index contributed by atoms with van der Waals surface area (Å²) >= 11 is 3.16. The predicted octanol–water partition coefficient (Wildman–Crippen LogP) is 2.54. The van der Waals surface area contributed by atoms with Crippen LogP contribution in [0.15, 0.2) is 24.3 Å². The van der Waals surface area contributed by atoms with Crippen molar-refractivity contribution in [3.05, 3.63) is 30.1 Å². The third-order valence-electron chi connectivity index (χ3n) is 2.38. The van der Waals surface area contributed by atoms with Gasteiger partial charge in [-0.05, 0) is 30.5 Å². The number of hydrogen-bond donors (Lipinski definition) is 2. The summed E-state index contributed by atoms with van der Waals surface area (Å²) in [5, 5.41) is 5.89. The van der Waals surface area contributed by atoms with E-state index in [1.165, 1.54) is 43.1 Å².